The first-order valence-corrected chi connectivity index (χ1v) is 9.97. The number of rotatable bonds is 6. The van der Waals surface area contributed by atoms with Crippen molar-refractivity contribution in [2.75, 3.05) is 0 Å². The van der Waals surface area contributed by atoms with Crippen molar-refractivity contribution in [3.05, 3.63) is 100 Å². The van der Waals surface area contributed by atoms with Crippen LogP contribution in [-0.4, -0.2) is 10.9 Å². The van der Waals surface area contributed by atoms with Crippen molar-refractivity contribution in [2.24, 2.45) is 0 Å². The van der Waals surface area contributed by atoms with Crippen molar-refractivity contribution in [1.82, 2.24) is 10.3 Å². The van der Waals surface area contributed by atoms with Gasteiger partial charge in [-0.05, 0) is 41.5 Å². The number of nitrogens with zero attached hydrogens (tertiary/aromatic N) is 1. The smallest absolute Gasteiger partial charge is 0.267 e. The van der Waals surface area contributed by atoms with Crippen molar-refractivity contribution in [1.29, 1.82) is 0 Å². The lowest BCUT2D eigenvalue weighted by Gasteiger charge is -2.08. The van der Waals surface area contributed by atoms with Crippen LogP contribution in [0.15, 0.2) is 78.3 Å². The monoisotopic (exact) mass is 422 g/mol. The molecule has 0 aliphatic carbocycles. The van der Waals surface area contributed by atoms with Gasteiger partial charge >= 0.3 is 0 Å². The lowest BCUT2D eigenvalue weighted by Crippen LogP contribution is -2.22. The number of thiazole rings is 1. The normalized spacial score (nSPS) is 10.6. The number of hydrogen-bond acceptors (Lipinski definition) is 4. The van der Waals surface area contributed by atoms with Crippen LogP contribution in [0, 0.1) is 11.6 Å². The van der Waals surface area contributed by atoms with Gasteiger partial charge in [-0.1, -0.05) is 42.5 Å². The molecule has 4 nitrogen and oxygen atoms in total. The predicted molar refractivity (Wildman–Crippen MR) is 112 cm³/mol. The summed E-state index contributed by atoms with van der Waals surface area (Å²) in [5.74, 6) is -0.427. The summed E-state index contributed by atoms with van der Waals surface area (Å²) < 4.78 is 32.5. The van der Waals surface area contributed by atoms with E-state index in [0.29, 0.717) is 22.7 Å². The number of ether oxygens (including phenoxy) is 1. The molecule has 0 saturated heterocycles. The summed E-state index contributed by atoms with van der Waals surface area (Å²) in [6, 6.07) is 19.4. The molecule has 4 aromatic rings. The Morgan fingerprint density at radius 1 is 0.967 bits per heavy atom. The fourth-order valence-electron chi connectivity index (χ4n) is 2.83. The van der Waals surface area contributed by atoms with Gasteiger partial charge in [0, 0.05) is 12.1 Å². The summed E-state index contributed by atoms with van der Waals surface area (Å²) in [6.07, 6.45) is 0. The largest absolute Gasteiger partial charge is 0.437 e. The zero-order valence-electron chi connectivity index (χ0n) is 15.6. The van der Waals surface area contributed by atoms with E-state index in [-0.39, 0.29) is 23.4 Å². The molecule has 0 spiro atoms. The van der Waals surface area contributed by atoms with E-state index in [2.05, 4.69) is 10.3 Å². The Labute approximate surface area is 175 Å². The maximum Gasteiger partial charge on any atom is 0.267 e. The molecule has 1 heterocycles. The van der Waals surface area contributed by atoms with Crippen LogP contribution in [-0.2, 0) is 6.54 Å². The number of carbonyl (C=O) groups excluding carboxylic acids is 1. The van der Waals surface area contributed by atoms with Crippen LogP contribution in [0.2, 0.25) is 0 Å². The molecule has 0 radical (unpaired) electrons. The van der Waals surface area contributed by atoms with Crippen LogP contribution in [0.5, 0.6) is 11.6 Å². The first-order chi connectivity index (χ1) is 14.6. The molecule has 0 atom stereocenters. The van der Waals surface area contributed by atoms with Gasteiger partial charge < -0.3 is 10.1 Å². The van der Waals surface area contributed by atoms with E-state index in [1.54, 1.807) is 18.2 Å². The third-order valence-corrected chi connectivity index (χ3v) is 5.17. The van der Waals surface area contributed by atoms with Crippen molar-refractivity contribution in [3.63, 3.8) is 0 Å². The van der Waals surface area contributed by atoms with Crippen LogP contribution >= 0.6 is 11.3 Å². The second-order valence-corrected chi connectivity index (χ2v) is 7.26. The first kappa shape index (κ1) is 19.7. The predicted octanol–water partition coefficient (Wildman–Crippen LogP) is 5.81. The zero-order chi connectivity index (χ0) is 20.9. The maximum atomic E-state index is 13.9. The molecule has 1 amide bonds. The highest BCUT2D eigenvalue weighted by Crippen LogP contribution is 2.27. The van der Waals surface area contributed by atoms with E-state index in [9.17, 15) is 13.6 Å². The molecule has 1 N–H and O–H groups in total. The average molecular weight is 422 g/mol. The lowest BCUT2D eigenvalue weighted by molar-refractivity contribution is 0.0952. The Bertz CT molecular complexity index is 1160. The van der Waals surface area contributed by atoms with Crippen LogP contribution < -0.4 is 10.1 Å². The quantitative estimate of drug-likeness (QED) is 0.427. The minimum atomic E-state index is -0.375. The van der Waals surface area contributed by atoms with Gasteiger partial charge in [0.25, 0.3) is 5.91 Å². The average Bonchev–Trinajstić information content (AvgIpc) is 3.23. The van der Waals surface area contributed by atoms with Crippen molar-refractivity contribution in [2.45, 2.75) is 6.54 Å². The topological polar surface area (TPSA) is 51.2 Å². The standard InChI is InChI=1S/C23H16F2N2O2S/c24-17-9-11-18(12-10-17)29-23-21(30-14-27-23)22(28)26-13-15-5-7-16(8-6-15)19-3-1-2-4-20(19)25/h1-12,14H,13H2,(H,26,28). The third kappa shape index (κ3) is 4.52. The number of hydrogen-bond donors (Lipinski definition) is 1. The molecule has 3 aromatic carbocycles. The molecule has 0 fully saturated rings. The highest BCUT2D eigenvalue weighted by atomic mass is 32.1. The first-order valence-electron chi connectivity index (χ1n) is 9.09. The Hall–Kier alpha value is -3.58. The second-order valence-electron chi connectivity index (χ2n) is 6.40. The van der Waals surface area contributed by atoms with E-state index in [1.807, 2.05) is 24.3 Å². The number of nitrogens with one attached hydrogen (secondary N) is 1. The molecule has 1 aromatic heterocycles. The summed E-state index contributed by atoms with van der Waals surface area (Å²) in [7, 11) is 0. The van der Waals surface area contributed by atoms with Crippen LogP contribution in [0.4, 0.5) is 8.78 Å². The molecular formula is C23H16F2N2O2S. The van der Waals surface area contributed by atoms with E-state index in [0.717, 1.165) is 22.5 Å². The van der Waals surface area contributed by atoms with Gasteiger partial charge in [0.1, 0.15) is 17.4 Å². The van der Waals surface area contributed by atoms with Gasteiger partial charge in [0.15, 0.2) is 4.88 Å². The van der Waals surface area contributed by atoms with Gasteiger partial charge in [-0.2, -0.15) is 0 Å². The summed E-state index contributed by atoms with van der Waals surface area (Å²) in [6.45, 7) is 0.296. The van der Waals surface area contributed by atoms with E-state index < -0.39 is 0 Å². The molecule has 0 unspecified atom stereocenters. The summed E-state index contributed by atoms with van der Waals surface area (Å²) >= 11 is 1.15. The maximum absolute atomic E-state index is 13.9. The van der Waals surface area contributed by atoms with Gasteiger partial charge in [-0.3, -0.25) is 4.79 Å². The van der Waals surface area contributed by atoms with E-state index in [1.165, 1.54) is 35.8 Å². The van der Waals surface area contributed by atoms with Gasteiger partial charge in [0.2, 0.25) is 5.88 Å². The summed E-state index contributed by atoms with van der Waals surface area (Å²) in [5.41, 5.74) is 3.67. The van der Waals surface area contributed by atoms with Gasteiger partial charge in [-0.15, -0.1) is 11.3 Å². The highest BCUT2D eigenvalue weighted by molar-refractivity contribution is 7.12. The summed E-state index contributed by atoms with van der Waals surface area (Å²) in [4.78, 5) is 16.9. The number of halogens is 2. The van der Waals surface area contributed by atoms with Crippen LogP contribution in [0.3, 0.4) is 0 Å². The molecule has 0 aliphatic heterocycles. The number of carbonyl (C=O) groups is 1. The van der Waals surface area contributed by atoms with E-state index in [4.69, 9.17) is 4.74 Å². The fourth-order valence-corrected chi connectivity index (χ4v) is 3.46. The summed E-state index contributed by atoms with van der Waals surface area (Å²) in [5, 5.41) is 2.82. The second kappa shape index (κ2) is 8.84. The number of amides is 1. The van der Waals surface area contributed by atoms with Crippen molar-refractivity contribution in [3.8, 4) is 22.8 Å². The molecule has 4 rings (SSSR count). The number of benzene rings is 3. The molecule has 7 heteroatoms. The van der Waals surface area contributed by atoms with Gasteiger partial charge in [0.05, 0.1) is 5.51 Å². The number of aromatic nitrogens is 1. The van der Waals surface area contributed by atoms with Gasteiger partial charge in [-0.25, -0.2) is 13.8 Å². The highest BCUT2D eigenvalue weighted by Gasteiger charge is 2.17. The zero-order valence-corrected chi connectivity index (χ0v) is 16.5. The molecule has 0 aliphatic rings. The van der Waals surface area contributed by atoms with Crippen molar-refractivity contribution >= 4 is 17.2 Å². The van der Waals surface area contributed by atoms with E-state index >= 15 is 0 Å². The third-order valence-electron chi connectivity index (χ3n) is 4.36. The molecule has 0 saturated carbocycles. The van der Waals surface area contributed by atoms with Crippen LogP contribution in [0.1, 0.15) is 15.2 Å². The Morgan fingerprint density at radius 2 is 1.70 bits per heavy atom. The molecular weight excluding hydrogens is 406 g/mol. The fraction of sp³-hybridized carbons (Fsp3) is 0.0435. The Morgan fingerprint density at radius 3 is 2.43 bits per heavy atom. The minimum Gasteiger partial charge on any atom is -0.437 e. The Balaban J connectivity index is 1.40. The van der Waals surface area contributed by atoms with Crippen LogP contribution in [0.25, 0.3) is 11.1 Å². The Kier molecular flexibility index (Phi) is 5.81. The molecule has 150 valence electrons. The minimum absolute atomic E-state index is 0.166. The van der Waals surface area contributed by atoms with Crippen molar-refractivity contribution < 1.29 is 18.3 Å². The molecule has 0 bridgehead atoms. The lowest BCUT2D eigenvalue weighted by atomic mass is 10.0. The SMILES string of the molecule is O=C(NCc1ccc(-c2ccccc2F)cc1)c1scnc1Oc1ccc(F)cc1. The molecule has 30 heavy (non-hydrogen) atoms.